The van der Waals surface area contributed by atoms with Gasteiger partial charge in [0.2, 0.25) is 0 Å². The van der Waals surface area contributed by atoms with Gasteiger partial charge in [-0.25, -0.2) is 9.78 Å². The molecule has 3 aromatic carbocycles. The number of phenolic OH excluding ortho intramolecular Hbond substituents is 1. The fourth-order valence-electron chi connectivity index (χ4n) is 4.92. The number of anilines is 1. The average molecular weight is 694 g/mol. The van der Waals surface area contributed by atoms with Gasteiger partial charge in [0.1, 0.15) is 23.0 Å². The van der Waals surface area contributed by atoms with Gasteiger partial charge in [-0.15, -0.1) is 0 Å². The van der Waals surface area contributed by atoms with E-state index in [0.29, 0.717) is 23.6 Å². The monoisotopic (exact) mass is 692 g/mol. The second-order valence-electron chi connectivity index (χ2n) is 10.1. The van der Waals surface area contributed by atoms with Crippen LogP contribution in [0, 0.1) is 13.8 Å². The second kappa shape index (κ2) is 13.1. The van der Waals surface area contributed by atoms with E-state index in [9.17, 15) is 24.6 Å². The molecule has 1 unspecified atom stereocenters. The van der Waals surface area contributed by atoms with Gasteiger partial charge in [-0.1, -0.05) is 35.6 Å². The molecule has 232 valence electrons. The summed E-state index contributed by atoms with van der Waals surface area (Å²) >= 11 is 4.20. The van der Waals surface area contributed by atoms with E-state index >= 15 is 0 Å². The topological polar surface area (TPSA) is 135 Å². The molecule has 1 fully saturated rings. The Morgan fingerprint density at radius 1 is 1.09 bits per heavy atom. The number of ketones is 1. The lowest BCUT2D eigenvalue weighted by molar-refractivity contribution is -0.132. The highest BCUT2D eigenvalue weighted by atomic mass is 79.9. The van der Waals surface area contributed by atoms with Crippen LogP contribution in [-0.4, -0.2) is 46.6 Å². The number of amides is 1. The number of aryl methyl sites for hydroxylation is 2. The van der Waals surface area contributed by atoms with Crippen LogP contribution in [-0.2, 0) is 20.9 Å². The smallest absolute Gasteiger partial charge is 0.350 e. The summed E-state index contributed by atoms with van der Waals surface area (Å²) in [7, 11) is 1.36. The highest BCUT2D eigenvalue weighted by molar-refractivity contribution is 9.10. The van der Waals surface area contributed by atoms with Gasteiger partial charge in [0.05, 0.1) is 35.5 Å². The number of hydrogen-bond acceptors (Lipinski definition) is 10. The first-order valence-electron chi connectivity index (χ1n) is 13.8. The maximum atomic E-state index is 13.6. The summed E-state index contributed by atoms with van der Waals surface area (Å²) in [6, 6.07) is 16.2. The number of rotatable bonds is 9. The van der Waals surface area contributed by atoms with E-state index in [1.807, 2.05) is 31.2 Å². The van der Waals surface area contributed by atoms with Crippen molar-refractivity contribution in [3.05, 3.63) is 104 Å². The predicted molar refractivity (Wildman–Crippen MR) is 172 cm³/mol. The number of aromatic hydroxyl groups is 1. The standard InChI is InChI=1S/C33H29BrN2O8S/c1-5-43-32(41)30-18(3)35-33(45-30)36-26(21-14-23(34)28(38)24(15-21)42-4)25(29(39)31(36)40)27(37)19-10-12-22(13-11-19)44-16-20-9-7-6-8-17(20)2/h6-15,26,37-38H,5,16H2,1-4H3. The first-order chi connectivity index (χ1) is 21.5. The number of hydrogen-bond donors (Lipinski definition) is 2. The van der Waals surface area contributed by atoms with Gasteiger partial charge < -0.3 is 24.4 Å². The fourth-order valence-corrected chi connectivity index (χ4v) is 6.37. The van der Waals surface area contributed by atoms with Crippen molar-refractivity contribution >= 4 is 55.8 Å². The Morgan fingerprint density at radius 2 is 1.80 bits per heavy atom. The number of methoxy groups -OCH3 is 1. The largest absolute Gasteiger partial charge is 0.507 e. The molecule has 1 amide bonds. The molecule has 10 nitrogen and oxygen atoms in total. The van der Waals surface area contributed by atoms with Gasteiger partial charge >= 0.3 is 11.9 Å². The number of ether oxygens (including phenoxy) is 3. The van der Waals surface area contributed by atoms with Crippen LogP contribution in [0.2, 0.25) is 0 Å². The molecule has 1 aromatic heterocycles. The van der Waals surface area contributed by atoms with Crippen molar-refractivity contribution in [3.63, 3.8) is 0 Å². The molecule has 2 N–H and O–H groups in total. The van der Waals surface area contributed by atoms with Gasteiger partial charge in [-0.2, -0.15) is 0 Å². The first kappa shape index (κ1) is 31.7. The molecule has 1 saturated heterocycles. The van der Waals surface area contributed by atoms with E-state index in [1.165, 1.54) is 19.2 Å². The maximum Gasteiger partial charge on any atom is 0.350 e. The quantitative estimate of drug-likeness (QED) is 0.0859. The fraction of sp³-hybridized carbons (Fsp3) is 0.212. The summed E-state index contributed by atoms with van der Waals surface area (Å²) in [6.45, 7) is 5.76. The molecule has 4 aromatic rings. The number of phenols is 1. The van der Waals surface area contributed by atoms with Crippen molar-refractivity contribution in [2.75, 3.05) is 18.6 Å². The van der Waals surface area contributed by atoms with Crippen molar-refractivity contribution in [2.45, 2.75) is 33.4 Å². The van der Waals surface area contributed by atoms with Crippen LogP contribution < -0.4 is 14.4 Å². The van der Waals surface area contributed by atoms with Crippen LogP contribution in [0.3, 0.4) is 0 Å². The van der Waals surface area contributed by atoms with E-state index < -0.39 is 29.5 Å². The summed E-state index contributed by atoms with van der Waals surface area (Å²) in [4.78, 5) is 45.6. The summed E-state index contributed by atoms with van der Waals surface area (Å²) in [5.74, 6) is -2.50. The van der Waals surface area contributed by atoms with Crippen LogP contribution >= 0.6 is 27.3 Å². The zero-order valence-electron chi connectivity index (χ0n) is 24.8. The SMILES string of the molecule is CCOC(=O)c1sc(N2C(=O)C(=O)C(=C(O)c3ccc(OCc4ccccc4C)cc3)C2c2cc(Br)c(O)c(OC)c2)nc1C. The zero-order chi connectivity index (χ0) is 32.4. The molecule has 0 radical (unpaired) electrons. The number of aromatic nitrogens is 1. The number of thiazole rings is 1. The molecule has 0 spiro atoms. The third kappa shape index (κ3) is 6.16. The molecule has 1 aliphatic rings. The highest BCUT2D eigenvalue weighted by Gasteiger charge is 2.49. The predicted octanol–water partition coefficient (Wildman–Crippen LogP) is 6.62. The molecule has 0 aliphatic carbocycles. The number of aliphatic hydroxyl groups excluding tert-OH is 1. The Hall–Kier alpha value is -4.68. The molecule has 0 saturated carbocycles. The molecule has 1 atom stereocenters. The molecular formula is C33H29BrN2O8S. The second-order valence-corrected chi connectivity index (χ2v) is 11.9. The van der Waals surface area contributed by atoms with E-state index in [1.54, 1.807) is 38.1 Å². The molecule has 5 rings (SSSR count). The number of Topliss-reactive ketones (excluding diaryl/α,β-unsaturated/α-hetero) is 1. The van der Waals surface area contributed by atoms with Gasteiger partial charge in [0.25, 0.3) is 5.78 Å². The Labute approximate surface area is 271 Å². The molecule has 45 heavy (non-hydrogen) atoms. The molecule has 1 aliphatic heterocycles. The van der Waals surface area contributed by atoms with Crippen molar-refractivity contribution in [1.82, 2.24) is 4.98 Å². The first-order valence-corrected chi connectivity index (χ1v) is 15.5. The number of halogens is 1. The Bertz CT molecular complexity index is 1830. The third-order valence-electron chi connectivity index (χ3n) is 7.27. The lowest BCUT2D eigenvalue weighted by atomic mass is 9.95. The van der Waals surface area contributed by atoms with Gasteiger partial charge in [0.15, 0.2) is 16.6 Å². The summed E-state index contributed by atoms with van der Waals surface area (Å²) in [5, 5.41) is 22.1. The van der Waals surface area contributed by atoms with E-state index in [-0.39, 0.29) is 43.7 Å². The lowest BCUT2D eigenvalue weighted by Crippen LogP contribution is -2.29. The minimum absolute atomic E-state index is 0.0600. The number of benzene rings is 3. The van der Waals surface area contributed by atoms with Gasteiger partial charge in [0, 0.05) is 5.56 Å². The maximum absolute atomic E-state index is 13.6. The van der Waals surface area contributed by atoms with Crippen molar-refractivity contribution < 1.29 is 38.8 Å². The highest BCUT2D eigenvalue weighted by Crippen LogP contribution is 2.47. The van der Waals surface area contributed by atoms with Crippen LogP contribution in [0.25, 0.3) is 5.76 Å². The number of aliphatic hydroxyl groups is 1. The van der Waals surface area contributed by atoms with Crippen molar-refractivity contribution in [2.24, 2.45) is 0 Å². The third-order valence-corrected chi connectivity index (χ3v) is 9.01. The molecular weight excluding hydrogens is 664 g/mol. The van der Waals surface area contributed by atoms with Gasteiger partial charge in [-0.3, -0.25) is 14.5 Å². The van der Waals surface area contributed by atoms with Gasteiger partial charge in [-0.05, 0) is 89.8 Å². The minimum atomic E-state index is -1.19. The summed E-state index contributed by atoms with van der Waals surface area (Å²) in [5.41, 5.74) is 2.84. The Kier molecular flexibility index (Phi) is 9.26. The Morgan fingerprint density at radius 3 is 2.47 bits per heavy atom. The van der Waals surface area contributed by atoms with E-state index in [4.69, 9.17) is 14.2 Å². The molecule has 2 heterocycles. The summed E-state index contributed by atoms with van der Waals surface area (Å²) in [6.07, 6.45) is 0. The summed E-state index contributed by atoms with van der Waals surface area (Å²) < 4.78 is 16.6. The van der Waals surface area contributed by atoms with E-state index in [2.05, 4.69) is 20.9 Å². The number of nitrogens with zero attached hydrogens (tertiary/aromatic N) is 2. The average Bonchev–Trinajstić information content (AvgIpc) is 3.54. The number of esters is 1. The van der Waals surface area contributed by atoms with Crippen LogP contribution in [0.5, 0.6) is 17.2 Å². The number of carbonyl (C=O) groups is 3. The van der Waals surface area contributed by atoms with E-state index in [0.717, 1.165) is 27.4 Å². The van der Waals surface area contributed by atoms with Crippen LogP contribution in [0.15, 0.2) is 70.7 Å². The lowest BCUT2D eigenvalue weighted by Gasteiger charge is -2.24. The zero-order valence-corrected chi connectivity index (χ0v) is 27.2. The molecule has 12 heteroatoms. The number of carbonyl (C=O) groups excluding carboxylic acids is 3. The van der Waals surface area contributed by atoms with Crippen molar-refractivity contribution in [3.8, 4) is 17.2 Å². The normalized spacial score (nSPS) is 15.8. The Balaban J connectivity index is 1.59. The molecule has 0 bridgehead atoms. The minimum Gasteiger partial charge on any atom is -0.507 e. The van der Waals surface area contributed by atoms with Crippen LogP contribution in [0.1, 0.15) is 50.6 Å². The van der Waals surface area contributed by atoms with Crippen LogP contribution in [0.4, 0.5) is 5.13 Å². The van der Waals surface area contributed by atoms with Crippen molar-refractivity contribution in [1.29, 1.82) is 0 Å².